The lowest BCUT2D eigenvalue weighted by atomic mass is 9.96. The fraction of sp³-hybridized carbons (Fsp3) is 0.290. The Morgan fingerprint density at radius 2 is 1.74 bits per heavy atom. The third-order valence-corrected chi connectivity index (χ3v) is 8.54. The van der Waals surface area contributed by atoms with Crippen molar-refractivity contribution in [3.63, 3.8) is 0 Å². The number of nitrogens with two attached hydrogens (primary N) is 1. The van der Waals surface area contributed by atoms with Gasteiger partial charge in [-0.3, -0.25) is 9.59 Å². The Labute approximate surface area is 260 Å². The second-order valence-corrected chi connectivity index (χ2v) is 11.3. The van der Waals surface area contributed by atoms with Crippen molar-refractivity contribution >= 4 is 54.9 Å². The molecule has 0 aliphatic rings. The Bertz CT molecular complexity index is 1730. The summed E-state index contributed by atoms with van der Waals surface area (Å²) in [4.78, 5) is 30.1. The highest BCUT2D eigenvalue weighted by molar-refractivity contribution is 9.13. The Morgan fingerprint density at radius 3 is 2.40 bits per heavy atom. The number of fused-ring (bicyclic) bond motifs is 1. The zero-order chi connectivity index (χ0) is 30.6. The fourth-order valence-corrected chi connectivity index (χ4v) is 5.37. The molecule has 0 atom stereocenters. The SMILES string of the molecule is CCOc1cc(C)c(-c2nc3ccccc3c(=O)n2N=Cc2cc(OCC)c(OCC(N)=O)c(Br)c2Br)cc1C(C)C. The molecule has 4 rings (SSSR count). The standard InChI is InChI=1S/C31H32Br2N4O5/c1-6-40-24-12-18(5)22(14-21(24)17(3)4)30-36-23-11-9-8-10-20(23)31(39)37(30)35-15-19-13-25(41-7-2)29(28(33)27(19)32)42-16-26(34)38/h8-15,17H,6-7,16H2,1-5H3,(H2,34,38). The number of ether oxygens (including phenoxy) is 3. The molecule has 0 aliphatic heterocycles. The molecule has 1 aromatic heterocycles. The highest BCUT2D eigenvalue weighted by Gasteiger charge is 2.20. The third-order valence-electron chi connectivity index (χ3n) is 6.40. The van der Waals surface area contributed by atoms with Crippen LogP contribution in [-0.4, -0.2) is 41.6 Å². The normalized spacial score (nSPS) is 11.4. The molecule has 4 aromatic rings. The molecule has 0 saturated carbocycles. The van der Waals surface area contributed by atoms with E-state index in [2.05, 4.69) is 50.8 Å². The first kappa shape index (κ1) is 31.2. The summed E-state index contributed by atoms with van der Waals surface area (Å²) in [6.07, 6.45) is 1.55. The van der Waals surface area contributed by atoms with Gasteiger partial charge in [0.1, 0.15) is 5.75 Å². The van der Waals surface area contributed by atoms with Gasteiger partial charge in [-0.15, -0.1) is 0 Å². The maximum Gasteiger partial charge on any atom is 0.282 e. The Hall–Kier alpha value is -3.70. The van der Waals surface area contributed by atoms with E-state index in [1.165, 1.54) is 4.68 Å². The van der Waals surface area contributed by atoms with Crippen LogP contribution in [0.25, 0.3) is 22.3 Å². The Kier molecular flexibility index (Phi) is 10.1. The molecule has 11 heteroatoms. The van der Waals surface area contributed by atoms with Crippen LogP contribution < -0.4 is 25.5 Å². The summed E-state index contributed by atoms with van der Waals surface area (Å²) in [6.45, 7) is 10.5. The summed E-state index contributed by atoms with van der Waals surface area (Å²) in [5.41, 5.74) is 8.80. The quantitative estimate of drug-likeness (QED) is 0.177. The number of benzene rings is 3. The average Bonchev–Trinajstić information content (AvgIpc) is 2.95. The molecule has 9 nitrogen and oxygen atoms in total. The lowest BCUT2D eigenvalue weighted by molar-refractivity contribution is -0.119. The van der Waals surface area contributed by atoms with Crippen molar-refractivity contribution in [2.75, 3.05) is 19.8 Å². The number of rotatable bonds is 11. The summed E-state index contributed by atoms with van der Waals surface area (Å²) < 4.78 is 19.7. The van der Waals surface area contributed by atoms with Crippen molar-refractivity contribution in [1.82, 2.24) is 9.66 Å². The molecule has 1 amide bonds. The van der Waals surface area contributed by atoms with Gasteiger partial charge in [-0.2, -0.15) is 9.78 Å². The minimum absolute atomic E-state index is 0.176. The van der Waals surface area contributed by atoms with Crippen molar-refractivity contribution in [1.29, 1.82) is 0 Å². The lowest BCUT2D eigenvalue weighted by Crippen LogP contribution is -2.21. The van der Waals surface area contributed by atoms with Crippen molar-refractivity contribution in [3.8, 4) is 28.6 Å². The molecule has 0 bridgehead atoms. The molecular formula is C31H32Br2N4O5. The number of para-hydroxylation sites is 1. The van der Waals surface area contributed by atoms with E-state index >= 15 is 0 Å². The monoisotopic (exact) mass is 698 g/mol. The van der Waals surface area contributed by atoms with Gasteiger partial charge in [0.25, 0.3) is 11.5 Å². The zero-order valence-corrected chi connectivity index (χ0v) is 27.2. The van der Waals surface area contributed by atoms with E-state index in [1.807, 2.05) is 45.0 Å². The van der Waals surface area contributed by atoms with E-state index in [-0.39, 0.29) is 18.1 Å². The van der Waals surface area contributed by atoms with Gasteiger partial charge in [-0.05, 0) is 100 Å². The smallest absolute Gasteiger partial charge is 0.282 e. The highest BCUT2D eigenvalue weighted by atomic mass is 79.9. The molecule has 0 aliphatic carbocycles. The molecule has 2 N–H and O–H groups in total. The van der Waals surface area contributed by atoms with Gasteiger partial charge in [0.15, 0.2) is 23.9 Å². The van der Waals surface area contributed by atoms with Gasteiger partial charge >= 0.3 is 0 Å². The molecular weight excluding hydrogens is 668 g/mol. The van der Waals surface area contributed by atoms with Crippen LogP contribution in [0.4, 0.5) is 0 Å². The number of carbonyl (C=O) groups excluding carboxylic acids is 1. The Morgan fingerprint density at radius 1 is 1.05 bits per heavy atom. The third kappa shape index (κ3) is 6.52. The van der Waals surface area contributed by atoms with E-state index < -0.39 is 5.91 Å². The van der Waals surface area contributed by atoms with Crippen LogP contribution >= 0.6 is 31.9 Å². The summed E-state index contributed by atoms with van der Waals surface area (Å²) >= 11 is 7.09. The zero-order valence-electron chi connectivity index (χ0n) is 24.0. The number of nitrogens with zero attached hydrogens (tertiary/aromatic N) is 3. The number of hydrogen-bond donors (Lipinski definition) is 1. The lowest BCUT2D eigenvalue weighted by Gasteiger charge is -2.18. The molecule has 0 saturated heterocycles. The van der Waals surface area contributed by atoms with Gasteiger partial charge in [0.05, 0.1) is 34.8 Å². The summed E-state index contributed by atoms with van der Waals surface area (Å²) in [6, 6.07) is 12.9. The maximum absolute atomic E-state index is 13.8. The Balaban J connectivity index is 1.94. The van der Waals surface area contributed by atoms with Crippen molar-refractivity contribution in [2.45, 2.75) is 40.5 Å². The molecule has 3 aromatic carbocycles. The predicted molar refractivity (Wildman–Crippen MR) is 172 cm³/mol. The van der Waals surface area contributed by atoms with Crippen molar-refractivity contribution in [3.05, 3.63) is 78.5 Å². The van der Waals surface area contributed by atoms with E-state index in [1.54, 1.807) is 24.4 Å². The van der Waals surface area contributed by atoms with Crippen molar-refractivity contribution in [2.24, 2.45) is 10.8 Å². The number of halogens is 2. The number of primary amides is 1. The van der Waals surface area contributed by atoms with E-state index in [0.717, 1.165) is 22.4 Å². The molecule has 0 unspecified atom stereocenters. The molecule has 220 valence electrons. The highest BCUT2D eigenvalue weighted by Crippen LogP contribution is 2.42. The first-order valence-electron chi connectivity index (χ1n) is 13.5. The summed E-state index contributed by atoms with van der Waals surface area (Å²) in [7, 11) is 0. The van der Waals surface area contributed by atoms with Crippen LogP contribution in [0.2, 0.25) is 0 Å². The molecule has 0 spiro atoms. The van der Waals surface area contributed by atoms with E-state index in [0.29, 0.717) is 55.9 Å². The van der Waals surface area contributed by atoms with Crippen LogP contribution in [0.1, 0.15) is 50.3 Å². The van der Waals surface area contributed by atoms with Gasteiger partial charge < -0.3 is 19.9 Å². The minimum Gasteiger partial charge on any atom is -0.494 e. The van der Waals surface area contributed by atoms with Gasteiger partial charge in [-0.25, -0.2) is 4.98 Å². The minimum atomic E-state index is -0.618. The van der Waals surface area contributed by atoms with Crippen LogP contribution in [0.5, 0.6) is 17.2 Å². The second-order valence-electron chi connectivity index (χ2n) is 9.72. The van der Waals surface area contributed by atoms with Gasteiger partial charge in [0, 0.05) is 15.6 Å². The molecule has 0 fully saturated rings. The van der Waals surface area contributed by atoms with E-state index in [9.17, 15) is 9.59 Å². The number of aromatic nitrogens is 2. The van der Waals surface area contributed by atoms with E-state index in [4.69, 9.17) is 24.9 Å². The van der Waals surface area contributed by atoms with Crippen LogP contribution in [-0.2, 0) is 4.79 Å². The molecule has 42 heavy (non-hydrogen) atoms. The number of aryl methyl sites for hydroxylation is 1. The molecule has 1 heterocycles. The van der Waals surface area contributed by atoms with Crippen LogP contribution in [0.3, 0.4) is 0 Å². The fourth-order valence-electron chi connectivity index (χ4n) is 4.44. The van der Waals surface area contributed by atoms with Crippen molar-refractivity contribution < 1.29 is 19.0 Å². The van der Waals surface area contributed by atoms with Crippen LogP contribution in [0.15, 0.2) is 61.3 Å². The topological polar surface area (TPSA) is 118 Å². The first-order valence-corrected chi connectivity index (χ1v) is 15.1. The van der Waals surface area contributed by atoms with Crippen LogP contribution in [0, 0.1) is 6.92 Å². The number of carbonyl (C=O) groups is 1. The van der Waals surface area contributed by atoms with Gasteiger partial charge in [0.2, 0.25) is 0 Å². The predicted octanol–water partition coefficient (Wildman–Crippen LogP) is 6.56. The largest absolute Gasteiger partial charge is 0.494 e. The van der Waals surface area contributed by atoms with Gasteiger partial charge in [-0.1, -0.05) is 26.0 Å². The number of hydrogen-bond acceptors (Lipinski definition) is 7. The average molecular weight is 700 g/mol. The summed E-state index contributed by atoms with van der Waals surface area (Å²) in [5, 5.41) is 5.09. The maximum atomic E-state index is 13.8. The molecule has 0 radical (unpaired) electrons. The first-order chi connectivity index (χ1) is 20.1. The summed E-state index contributed by atoms with van der Waals surface area (Å²) in [5.74, 6) is 1.46. The number of amides is 1. The second kappa shape index (κ2) is 13.5.